The topological polar surface area (TPSA) is 99.5 Å². The zero-order chi connectivity index (χ0) is 23.4. The van der Waals surface area contributed by atoms with Crippen LogP contribution in [-0.4, -0.2) is 56.7 Å². The van der Waals surface area contributed by atoms with Crippen LogP contribution in [0.3, 0.4) is 0 Å². The Kier molecular flexibility index (Phi) is 5.04. The van der Waals surface area contributed by atoms with Crippen molar-refractivity contribution in [2.75, 3.05) is 18.4 Å². The van der Waals surface area contributed by atoms with Crippen LogP contribution in [0.4, 0.5) is 16.2 Å². The van der Waals surface area contributed by atoms with Gasteiger partial charge in [0, 0.05) is 42.1 Å². The minimum absolute atomic E-state index is 0.0618. The zero-order valence-electron chi connectivity index (χ0n) is 18.7. The molecule has 6 rings (SSSR count). The van der Waals surface area contributed by atoms with Gasteiger partial charge in [0.15, 0.2) is 0 Å². The minimum Gasteiger partial charge on any atom is -0.391 e. The Balaban J connectivity index is 1.28. The standard InChI is InChI=1S/C25H25N5O3S/c1-14-10-15-11-17(4-5-21(15)30(14)25(33)28-16-2-3-16)27-19-6-8-26-20-12-22(34-23(19)20)24(32)29-9-7-18(31)13-29/h4-6,8,10-12,16,18,31H,2-3,7,9,13H2,1H3,(H,26,27)(H,28,33)/t18-/m0/s1. The van der Waals surface area contributed by atoms with Gasteiger partial charge in [-0.15, -0.1) is 11.3 Å². The normalized spacial score (nSPS) is 18.1. The van der Waals surface area contributed by atoms with E-state index in [1.54, 1.807) is 15.7 Å². The first-order valence-corrected chi connectivity index (χ1v) is 12.3. The lowest BCUT2D eigenvalue weighted by molar-refractivity contribution is 0.0769. The number of anilines is 2. The summed E-state index contributed by atoms with van der Waals surface area (Å²) in [4.78, 5) is 32.3. The molecule has 2 amide bonds. The summed E-state index contributed by atoms with van der Waals surface area (Å²) in [6, 6.07) is 11.9. The van der Waals surface area contributed by atoms with Gasteiger partial charge in [-0.2, -0.15) is 0 Å². The third kappa shape index (κ3) is 3.80. The number of nitrogens with zero attached hydrogens (tertiary/aromatic N) is 3. The summed E-state index contributed by atoms with van der Waals surface area (Å²) in [7, 11) is 0. The number of nitrogens with one attached hydrogen (secondary N) is 2. The number of thiophene rings is 1. The number of carbonyl (C=O) groups excluding carboxylic acids is 2. The van der Waals surface area contributed by atoms with Crippen LogP contribution in [0.1, 0.15) is 34.6 Å². The number of carbonyl (C=O) groups is 2. The smallest absolute Gasteiger partial charge is 0.326 e. The lowest BCUT2D eigenvalue weighted by atomic mass is 10.2. The Morgan fingerprint density at radius 3 is 2.76 bits per heavy atom. The van der Waals surface area contributed by atoms with Crippen molar-refractivity contribution < 1.29 is 14.7 Å². The number of aliphatic hydroxyl groups is 1. The maximum atomic E-state index is 12.9. The van der Waals surface area contributed by atoms with E-state index in [2.05, 4.69) is 15.6 Å². The highest BCUT2D eigenvalue weighted by Crippen LogP contribution is 2.34. The van der Waals surface area contributed by atoms with E-state index < -0.39 is 6.10 Å². The molecule has 0 radical (unpaired) electrons. The van der Waals surface area contributed by atoms with E-state index in [4.69, 9.17) is 0 Å². The summed E-state index contributed by atoms with van der Waals surface area (Å²) < 4.78 is 2.64. The molecule has 0 bridgehead atoms. The van der Waals surface area contributed by atoms with E-state index in [0.29, 0.717) is 30.4 Å². The number of hydrogen-bond acceptors (Lipinski definition) is 6. The maximum Gasteiger partial charge on any atom is 0.326 e. The second kappa shape index (κ2) is 8.11. The average Bonchev–Trinajstić information content (AvgIpc) is 3.20. The summed E-state index contributed by atoms with van der Waals surface area (Å²) in [5, 5.41) is 17.3. The highest BCUT2D eigenvalue weighted by Gasteiger charge is 2.27. The van der Waals surface area contributed by atoms with Crippen LogP contribution >= 0.6 is 11.3 Å². The number of aliphatic hydroxyl groups excluding tert-OH is 1. The molecule has 3 aromatic heterocycles. The van der Waals surface area contributed by atoms with E-state index in [1.165, 1.54) is 11.3 Å². The first kappa shape index (κ1) is 21.1. The summed E-state index contributed by atoms with van der Waals surface area (Å²) in [6.07, 6.45) is 4.00. The third-order valence-electron chi connectivity index (χ3n) is 6.45. The van der Waals surface area contributed by atoms with E-state index in [0.717, 1.165) is 51.0 Å². The second-order valence-electron chi connectivity index (χ2n) is 9.12. The second-order valence-corrected chi connectivity index (χ2v) is 10.2. The summed E-state index contributed by atoms with van der Waals surface area (Å²) >= 11 is 1.41. The van der Waals surface area contributed by atoms with Crippen LogP contribution in [0.15, 0.2) is 42.6 Å². The number of aromatic nitrogens is 2. The molecule has 1 aromatic carbocycles. The van der Waals surface area contributed by atoms with Gasteiger partial charge in [-0.25, -0.2) is 4.79 Å². The SMILES string of the molecule is Cc1cc2cc(Nc3ccnc4cc(C(=O)N5CC[C@H](O)C5)sc34)ccc2n1C(=O)NC1CC1. The van der Waals surface area contributed by atoms with Crippen molar-refractivity contribution in [2.45, 2.75) is 38.3 Å². The molecule has 0 unspecified atom stereocenters. The Hall–Kier alpha value is -3.43. The molecule has 34 heavy (non-hydrogen) atoms. The Labute approximate surface area is 200 Å². The monoisotopic (exact) mass is 475 g/mol. The number of fused-ring (bicyclic) bond motifs is 2. The van der Waals surface area contributed by atoms with Gasteiger partial charge in [0.05, 0.1) is 32.4 Å². The molecule has 4 heterocycles. The number of amides is 2. The van der Waals surface area contributed by atoms with E-state index in [-0.39, 0.29) is 11.9 Å². The molecule has 1 aliphatic heterocycles. The van der Waals surface area contributed by atoms with Crippen molar-refractivity contribution in [1.82, 2.24) is 19.8 Å². The molecule has 2 fully saturated rings. The van der Waals surface area contributed by atoms with Crippen molar-refractivity contribution in [2.24, 2.45) is 0 Å². The number of hydrogen-bond donors (Lipinski definition) is 3. The van der Waals surface area contributed by atoms with Gasteiger partial charge in [0.25, 0.3) is 5.91 Å². The molecule has 2 aliphatic rings. The highest BCUT2D eigenvalue weighted by molar-refractivity contribution is 7.21. The third-order valence-corrected chi connectivity index (χ3v) is 7.59. The fourth-order valence-corrected chi connectivity index (χ4v) is 5.60. The van der Waals surface area contributed by atoms with Gasteiger partial charge >= 0.3 is 6.03 Å². The average molecular weight is 476 g/mol. The first-order valence-electron chi connectivity index (χ1n) is 11.5. The molecule has 0 spiro atoms. The van der Waals surface area contributed by atoms with Crippen molar-refractivity contribution in [3.63, 3.8) is 0 Å². The van der Waals surface area contributed by atoms with Crippen molar-refractivity contribution in [3.8, 4) is 0 Å². The number of rotatable bonds is 4. The van der Waals surface area contributed by atoms with E-state index >= 15 is 0 Å². The molecule has 8 nitrogen and oxygen atoms in total. The predicted octanol–water partition coefficient (Wildman–Crippen LogP) is 4.23. The Morgan fingerprint density at radius 1 is 1.15 bits per heavy atom. The van der Waals surface area contributed by atoms with Crippen LogP contribution < -0.4 is 10.6 Å². The highest BCUT2D eigenvalue weighted by atomic mass is 32.1. The molecule has 1 saturated carbocycles. The van der Waals surface area contributed by atoms with Crippen LogP contribution in [-0.2, 0) is 0 Å². The van der Waals surface area contributed by atoms with Gasteiger partial charge in [0.2, 0.25) is 0 Å². The molecule has 4 aromatic rings. The molecule has 174 valence electrons. The number of pyridine rings is 1. The van der Waals surface area contributed by atoms with Gasteiger partial charge < -0.3 is 20.6 Å². The summed E-state index contributed by atoms with van der Waals surface area (Å²) in [5.41, 5.74) is 4.29. The van der Waals surface area contributed by atoms with Crippen LogP contribution in [0, 0.1) is 6.92 Å². The molecule has 1 atom stereocenters. The van der Waals surface area contributed by atoms with Crippen molar-refractivity contribution in [3.05, 3.63) is 53.2 Å². The fraction of sp³-hybridized carbons (Fsp3) is 0.320. The number of aryl methyl sites for hydroxylation is 1. The largest absolute Gasteiger partial charge is 0.391 e. The lowest BCUT2D eigenvalue weighted by Crippen LogP contribution is -2.30. The maximum absolute atomic E-state index is 12.9. The zero-order valence-corrected chi connectivity index (χ0v) is 19.6. The van der Waals surface area contributed by atoms with Crippen molar-refractivity contribution in [1.29, 1.82) is 0 Å². The Morgan fingerprint density at radius 2 is 2.00 bits per heavy atom. The van der Waals surface area contributed by atoms with E-state index in [1.807, 2.05) is 43.3 Å². The van der Waals surface area contributed by atoms with Crippen LogP contribution in [0.25, 0.3) is 21.1 Å². The molecule has 1 saturated heterocycles. The molecule has 1 aliphatic carbocycles. The van der Waals surface area contributed by atoms with Gasteiger partial charge in [-0.1, -0.05) is 0 Å². The van der Waals surface area contributed by atoms with Crippen LogP contribution in [0.5, 0.6) is 0 Å². The molecular formula is C25H25N5O3S. The molecular weight excluding hydrogens is 450 g/mol. The fourth-order valence-electron chi connectivity index (χ4n) is 4.55. The van der Waals surface area contributed by atoms with Crippen molar-refractivity contribution >= 4 is 55.8 Å². The molecule has 9 heteroatoms. The Bertz CT molecular complexity index is 1440. The lowest BCUT2D eigenvalue weighted by Gasteiger charge is -2.13. The quantitative estimate of drug-likeness (QED) is 0.410. The summed E-state index contributed by atoms with van der Waals surface area (Å²) in [5.74, 6) is -0.0618. The number of likely N-dealkylation sites (tertiary alicyclic amines) is 1. The number of benzene rings is 1. The van der Waals surface area contributed by atoms with Gasteiger partial charge in [-0.05, 0) is 62.6 Å². The number of β-amino-alcohol motifs (C(OH)–C–C–N with tert-alkyl or cyclic N) is 1. The van der Waals surface area contributed by atoms with Gasteiger partial charge in [-0.3, -0.25) is 14.3 Å². The predicted molar refractivity (Wildman–Crippen MR) is 133 cm³/mol. The molecule has 3 N–H and O–H groups in total. The minimum atomic E-state index is -0.443. The van der Waals surface area contributed by atoms with E-state index in [9.17, 15) is 14.7 Å². The van der Waals surface area contributed by atoms with Gasteiger partial charge in [0.1, 0.15) is 0 Å². The van der Waals surface area contributed by atoms with Crippen LogP contribution in [0.2, 0.25) is 0 Å². The first-order chi connectivity index (χ1) is 16.5. The summed E-state index contributed by atoms with van der Waals surface area (Å²) in [6.45, 7) is 2.89.